The topological polar surface area (TPSA) is 71.5 Å². The van der Waals surface area contributed by atoms with Crippen molar-refractivity contribution in [2.75, 3.05) is 19.7 Å². The SMILES string of the molecule is CCOC(=O)N[C@@H]1CCCN(C(=O)c2ccnc(Cl)c2)C1. The maximum absolute atomic E-state index is 12.4. The fraction of sp³-hybridized carbons (Fsp3) is 0.500. The van der Waals surface area contributed by atoms with Crippen molar-refractivity contribution in [1.29, 1.82) is 0 Å². The number of nitrogens with zero attached hydrogens (tertiary/aromatic N) is 2. The lowest BCUT2D eigenvalue weighted by Gasteiger charge is -2.33. The van der Waals surface area contributed by atoms with Crippen molar-refractivity contribution in [3.63, 3.8) is 0 Å². The Balaban J connectivity index is 1.97. The van der Waals surface area contributed by atoms with E-state index in [1.54, 1.807) is 24.0 Å². The van der Waals surface area contributed by atoms with Crippen molar-refractivity contribution in [3.05, 3.63) is 29.0 Å². The number of likely N-dealkylation sites (tertiary alicyclic amines) is 1. The summed E-state index contributed by atoms with van der Waals surface area (Å²) in [5, 5.41) is 3.06. The molecule has 2 amide bonds. The summed E-state index contributed by atoms with van der Waals surface area (Å²) < 4.78 is 4.86. The Morgan fingerprint density at radius 2 is 2.38 bits per heavy atom. The lowest BCUT2D eigenvalue weighted by Crippen LogP contribution is -2.49. The Hall–Kier alpha value is -1.82. The van der Waals surface area contributed by atoms with Gasteiger partial charge in [0.05, 0.1) is 6.61 Å². The largest absolute Gasteiger partial charge is 0.450 e. The minimum absolute atomic E-state index is 0.0842. The van der Waals surface area contributed by atoms with Crippen LogP contribution in [0.3, 0.4) is 0 Å². The predicted molar refractivity (Wildman–Crippen MR) is 78.3 cm³/mol. The van der Waals surface area contributed by atoms with Crippen LogP contribution in [0.1, 0.15) is 30.1 Å². The van der Waals surface area contributed by atoms with Crippen LogP contribution in [-0.2, 0) is 4.74 Å². The molecule has 0 aliphatic carbocycles. The highest BCUT2D eigenvalue weighted by molar-refractivity contribution is 6.29. The summed E-state index contributed by atoms with van der Waals surface area (Å²) in [6.07, 6.45) is 2.73. The third-order valence-corrected chi connectivity index (χ3v) is 3.49. The Morgan fingerprint density at radius 1 is 1.57 bits per heavy atom. The minimum Gasteiger partial charge on any atom is -0.450 e. The van der Waals surface area contributed by atoms with Gasteiger partial charge >= 0.3 is 6.09 Å². The van der Waals surface area contributed by atoms with Gasteiger partial charge in [0.1, 0.15) is 5.15 Å². The van der Waals surface area contributed by atoms with Gasteiger partial charge in [-0.25, -0.2) is 9.78 Å². The zero-order chi connectivity index (χ0) is 15.2. The van der Waals surface area contributed by atoms with E-state index in [1.807, 2.05) is 0 Å². The number of rotatable bonds is 3. The quantitative estimate of drug-likeness (QED) is 0.868. The lowest BCUT2D eigenvalue weighted by atomic mass is 10.0. The summed E-state index contributed by atoms with van der Waals surface area (Å²) in [4.78, 5) is 29.4. The fourth-order valence-corrected chi connectivity index (χ4v) is 2.51. The van der Waals surface area contributed by atoms with Crippen LogP contribution in [-0.4, -0.2) is 47.6 Å². The van der Waals surface area contributed by atoms with E-state index < -0.39 is 6.09 Å². The molecule has 1 aliphatic heterocycles. The number of alkyl carbamates (subject to hydrolysis) is 1. The molecule has 0 saturated carbocycles. The Bertz CT molecular complexity index is 524. The first kappa shape index (κ1) is 15.6. The Morgan fingerprint density at radius 3 is 3.10 bits per heavy atom. The van der Waals surface area contributed by atoms with Crippen molar-refractivity contribution in [2.45, 2.75) is 25.8 Å². The molecule has 0 spiro atoms. The van der Waals surface area contributed by atoms with Gasteiger partial charge in [0.2, 0.25) is 0 Å². The molecular formula is C14H18ClN3O3. The number of pyridine rings is 1. The Labute approximate surface area is 128 Å². The molecule has 2 rings (SSSR count). The van der Waals surface area contributed by atoms with Crippen LogP contribution in [0.25, 0.3) is 0 Å². The van der Waals surface area contributed by atoms with Crippen LogP contribution in [0.2, 0.25) is 5.15 Å². The molecule has 1 aromatic heterocycles. The van der Waals surface area contributed by atoms with Crippen LogP contribution >= 0.6 is 11.6 Å². The number of carbonyl (C=O) groups is 2. The van der Waals surface area contributed by atoms with Gasteiger partial charge in [-0.2, -0.15) is 0 Å². The third-order valence-electron chi connectivity index (χ3n) is 3.28. The Kier molecular flexibility index (Phi) is 5.38. The van der Waals surface area contributed by atoms with Crippen molar-refractivity contribution < 1.29 is 14.3 Å². The van der Waals surface area contributed by atoms with Gasteiger partial charge in [0.25, 0.3) is 5.91 Å². The summed E-state index contributed by atoms with van der Waals surface area (Å²) in [5.41, 5.74) is 0.506. The normalized spacial score (nSPS) is 18.2. The summed E-state index contributed by atoms with van der Waals surface area (Å²) in [5.74, 6) is -0.102. The second-order valence-electron chi connectivity index (χ2n) is 4.82. The number of nitrogens with one attached hydrogen (secondary N) is 1. The van der Waals surface area contributed by atoms with Gasteiger partial charge in [-0.05, 0) is 31.9 Å². The van der Waals surface area contributed by atoms with Crippen molar-refractivity contribution in [2.24, 2.45) is 0 Å². The maximum atomic E-state index is 12.4. The second kappa shape index (κ2) is 7.26. The molecule has 1 aromatic rings. The second-order valence-corrected chi connectivity index (χ2v) is 5.21. The highest BCUT2D eigenvalue weighted by atomic mass is 35.5. The summed E-state index contributed by atoms with van der Waals surface area (Å²) in [6.45, 7) is 3.22. The smallest absolute Gasteiger partial charge is 0.407 e. The average Bonchev–Trinajstić information content (AvgIpc) is 2.47. The first-order valence-corrected chi connectivity index (χ1v) is 7.32. The molecule has 0 bridgehead atoms. The van der Waals surface area contributed by atoms with E-state index in [4.69, 9.17) is 16.3 Å². The molecule has 1 fully saturated rings. The standard InChI is InChI=1S/C14H18ClN3O3/c1-2-21-14(20)17-11-4-3-7-18(9-11)13(19)10-5-6-16-12(15)8-10/h5-6,8,11H,2-4,7,9H2,1H3,(H,17,20)/t11-/m1/s1. The molecule has 6 nitrogen and oxygen atoms in total. The predicted octanol–water partition coefficient (Wildman–Crippen LogP) is 2.09. The molecular weight excluding hydrogens is 294 g/mol. The average molecular weight is 312 g/mol. The molecule has 1 aliphatic rings. The first-order chi connectivity index (χ1) is 10.1. The van der Waals surface area contributed by atoms with E-state index in [-0.39, 0.29) is 11.9 Å². The molecule has 0 unspecified atom stereocenters. The number of aromatic nitrogens is 1. The van der Waals surface area contributed by atoms with Crippen LogP contribution in [0, 0.1) is 0 Å². The fourth-order valence-electron chi connectivity index (χ4n) is 2.34. The number of carbonyl (C=O) groups excluding carboxylic acids is 2. The number of amides is 2. The number of hydrogen-bond acceptors (Lipinski definition) is 4. The summed E-state index contributed by atoms with van der Waals surface area (Å²) >= 11 is 5.80. The molecule has 1 saturated heterocycles. The first-order valence-electron chi connectivity index (χ1n) is 6.94. The summed E-state index contributed by atoms with van der Waals surface area (Å²) in [6, 6.07) is 3.10. The maximum Gasteiger partial charge on any atom is 0.407 e. The van der Waals surface area contributed by atoms with E-state index in [2.05, 4.69) is 10.3 Å². The van der Waals surface area contributed by atoms with E-state index in [9.17, 15) is 9.59 Å². The van der Waals surface area contributed by atoms with Crippen molar-refractivity contribution in [3.8, 4) is 0 Å². The molecule has 114 valence electrons. The molecule has 21 heavy (non-hydrogen) atoms. The van der Waals surface area contributed by atoms with E-state index >= 15 is 0 Å². The molecule has 1 N–H and O–H groups in total. The van der Waals surface area contributed by atoms with Gasteiger partial charge in [0, 0.05) is 30.9 Å². The number of piperidine rings is 1. The van der Waals surface area contributed by atoms with Crippen LogP contribution in [0.4, 0.5) is 4.79 Å². The lowest BCUT2D eigenvalue weighted by molar-refractivity contribution is 0.0686. The van der Waals surface area contributed by atoms with E-state index in [0.717, 1.165) is 12.8 Å². The van der Waals surface area contributed by atoms with E-state index in [1.165, 1.54) is 6.20 Å². The zero-order valence-corrected chi connectivity index (χ0v) is 12.6. The van der Waals surface area contributed by atoms with Crippen LogP contribution < -0.4 is 5.32 Å². The number of halogens is 1. The number of ether oxygens (including phenoxy) is 1. The van der Waals surface area contributed by atoms with Gasteiger partial charge in [-0.1, -0.05) is 11.6 Å². The molecule has 2 heterocycles. The van der Waals surface area contributed by atoms with Gasteiger partial charge in [-0.15, -0.1) is 0 Å². The molecule has 7 heteroatoms. The molecule has 1 atom stereocenters. The highest BCUT2D eigenvalue weighted by Crippen LogP contribution is 2.15. The van der Waals surface area contributed by atoms with Crippen molar-refractivity contribution >= 4 is 23.6 Å². The number of hydrogen-bond donors (Lipinski definition) is 1. The monoisotopic (exact) mass is 311 g/mol. The van der Waals surface area contributed by atoms with Crippen LogP contribution in [0.15, 0.2) is 18.3 Å². The van der Waals surface area contributed by atoms with Crippen LogP contribution in [0.5, 0.6) is 0 Å². The minimum atomic E-state index is -0.441. The molecule has 0 radical (unpaired) electrons. The highest BCUT2D eigenvalue weighted by Gasteiger charge is 2.25. The van der Waals surface area contributed by atoms with E-state index in [0.29, 0.717) is 30.4 Å². The third kappa shape index (κ3) is 4.32. The summed E-state index contributed by atoms with van der Waals surface area (Å²) in [7, 11) is 0. The molecule has 0 aromatic carbocycles. The van der Waals surface area contributed by atoms with Gasteiger partial charge < -0.3 is 15.0 Å². The zero-order valence-electron chi connectivity index (χ0n) is 11.8. The van der Waals surface area contributed by atoms with Gasteiger partial charge in [-0.3, -0.25) is 4.79 Å². The van der Waals surface area contributed by atoms with Crippen molar-refractivity contribution in [1.82, 2.24) is 15.2 Å². The van der Waals surface area contributed by atoms with Gasteiger partial charge in [0.15, 0.2) is 0 Å².